The van der Waals surface area contributed by atoms with Crippen LogP contribution in [0, 0.1) is 0 Å². The van der Waals surface area contributed by atoms with Gasteiger partial charge in [-0.05, 0) is 17.7 Å². The Labute approximate surface area is 144 Å². The maximum absolute atomic E-state index is 12.7. The summed E-state index contributed by atoms with van der Waals surface area (Å²) in [4.78, 5) is 23.3. The molecule has 0 aliphatic rings. The molecule has 0 aliphatic heterocycles. The fraction of sp³-hybridized carbons (Fsp3) is 0.467. The zero-order valence-corrected chi connectivity index (χ0v) is 13.5. The number of amides is 2. The molecule has 2 amide bonds. The monoisotopic (exact) mass is 386 g/mol. The van der Waals surface area contributed by atoms with Gasteiger partial charge in [0.2, 0.25) is 0 Å². The number of nitrogens with zero attached hydrogens (tertiary/aromatic N) is 1. The molecule has 0 bridgehead atoms. The molecule has 146 valence electrons. The average molecular weight is 386 g/mol. The van der Waals surface area contributed by atoms with Gasteiger partial charge in [-0.25, -0.2) is 4.79 Å². The van der Waals surface area contributed by atoms with Crippen molar-refractivity contribution in [3.05, 3.63) is 35.4 Å². The van der Waals surface area contributed by atoms with Crippen LogP contribution in [0.2, 0.25) is 0 Å². The van der Waals surface area contributed by atoms with E-state index in [-0.39, 0.29) is 12.1 Å². The Morgan fingerprint density at radius 1 is 1.12 bits per heavy atom. The van der Waals surface area contributed by atoms with Gasteiger partial charge in [0.15, 0.2) is 0 Å². The molecule has 1 aromatic rings. The molecule has 0 fully saturated rings. The highest BCUT2D eigenvalue weighted by Gasteiger charge is 2.35. The Balaban J connectivity index is 2.95. The first-order valence-corrected chi connectivity index (χ1v) is 7.27. The molecule has 1 rings (SSSR count). The lowest BCUT2D eigenvalue weighted by atomic mass is 10.0. The van der Waals surface area contributed by atoms with Crippen LogP contribution in [0.5, 0.6) is 0 Å². The van der Waals surface area contributed by atoms with Gasteiger partial charge < -0.3 is 15.3 Å². The molecule has 11 heteroatoms. The van der Waals surface area contributed by atoms with Crippen molar-refractivity contribution in [1.29, 1.82) is 0 Å². The van der Waals surface area contributed by atoms with Crippen LogP contribution >= 0.6 is 0 Å². The molecular weight excluding hydrogens is 370 g/mol. The number of alkyl halides is 6. The number of carboxylic acid groups (broad SMARTS) is 1. The lowest BCUT2D eigenvalue weighted by molar-refractivity contribution is -0.140. The van der Waals surface area contributed by atoms with E-state index in [1.165, 1.54) is 7.05 Å². The van der Waals surface area contributed by atoms with Crippen molar-refractivity contribution in [1.82, 2.24) is 10.2 Å². The number of carboxylic acids is 1. The molecular formula is C15H16F6N2O3. The Morgan fingerprint density at radius 2 is 1.65 bits per heavy atom. The fourth-order valence-electron chi connectivity index (χ4n) is 2.01. The third-order valence-corrected chi connectivity index (χ3v) is 3.38. The Bertz CT molecular complexity index is 628. The van der Waals surface area contributed by atoms with Crippen molar-refractivity contribution in [2.75, 3.05) is 13.6 Å². The first kappa shape index (κ1) is 21.6. The summed E-state index contributed by atoms with van der Waals surface area (Å²) in [5, 5.41) is 10.6. The second-order valence-corrected chi connectivity index (χ2v) is 5.51. The Hall–Kier alpha value is -2.46. The summed E-state index contributed by atoms with van der Waals surface area (Å²) in [6.45, 7) is -0.243. The lowest BCUT2D eigenvalue weighted by Crippen LogP contribution is -2.41. The number of hydrogen-bond donors (Lipinski definition) is 2. The van der Waals surface area contributed by atoms with E-state index in [1.54, 1.807) is 0 Å². The third-order valence-electron chi connectivity index (χ3n) is 3.38. The molecule has 0 aromatic heterocycles. The number of aliphatic carboxylic acids is 1. The van der Waals surface area contributed by atoms with Crippen molar-refractivity contribution >= 4 is 12.0 Å². The molecule has 1 aromatic carbocycles. The number of nitrogens with one attached hydrogen (secondary N) is 1. The fourth-order valence-corrected chi connectivity index (χ4v) is 2.01. The summed E-state index contributed by atoms with van der Waals surface area (Å²) in [5.74, 6) is -1.20. The zero-order valence-electron chi connectivity index (χ0n) is 13.5. The number of hydrogen-bond acceptors (Lipinski definition) is 2. The highest BCUT2D eigenvalue weighted by atomic mass is 19.4. The lowest BCUT2D eigenvalue weighted by Gasteiger charge is -2.24. The number of benzene rings is 1. The SMILES string of the molecule is CN(CCC(=O)O)C(=O)NC(CC(F)(F)F)c1ccc(C(F)(F)F)cc1. The second kappa shape index (κ2) is 8.28. The van der Waals surface area contributed by atoms with Gasteiger partial charge >= 0.3 is 24.4 Å². The number of rotatable bonds is 6. The summed E-state index contributed by atoms with van der Waals surface area (Å²) in [6, 6.07) is 0.378. The standard InChI is InChI=1S/C15H16F6N2O3/c1-23(7-6-12(24)25)13(26)22-11(8-14(16,17)18)9-2-4-10(5-3-9)15(19,20)21/h2-5,11H,6-8H2,1H3,(H,22,26)(H,24,25). The van der Waals surface area contributed by atoms with E-state index in [9.17, 15) is 35.9 Å². The van der Waals surface area contributed by atoms with Crippen molar-refractivity contribution < 1.29 is 41.0 Å². The molecule has 2 N–H and O–H groups in total. The van der Waals surface area contributed by atoms with Crippen LogP contribution in [0.4, 0.5) is 31.1 Å². The third kappa shape index (κ3) is 7.19. The van der Waals surface area contributed by atoms with Crippen molar-refractivity contribution in [3.8, 4) is 0 Å². The summed E-state index contributed by atoms with van der Waals surface area (Å²) in [7, 11) is 1.19. The first-order chi connectivity index (χ1) is 11.8. The highest BCUT2D eigenvalue weighted by Crippen LogP contribution is 2.33. The number of carbonyl (C=O) groups excluding carboxylic acids is 1. The predicted molar refractivity (Wildman–Crippen MR) is 78.3 cm³/mol. The summed E-state index contributed by atoms with van der Waals surface area (Å²) < 4.78 is 75.9. The van der Waals surface area contributed by atoms with Gasteiger partial charge in [0, 0.05) is 13.6 Å². The zero-order chi connectivity index (χ0) is 20.1. The number of urea groups is 1. The van der Waals surface area contributed by atoms with Crippen LogP contribution in [0.3, 0.4) is 0 Å². The van der Waals surface area contributed by atoms with Crippen molar-refractivity contribution in [3.63, 3.8) is 0 Å². The van der Waals surface area contributed by atoms with Gasteiger partial charge in [-0.15, -0.1) is 0 Å². The van der Waals surface area contributed by atoms with Crippen LogP contribution in [0.15, 0.2) is 24.3 Å². The molecule has 0 heterocycles. The summed E-state index contributed by atoms with van der Waals surface area (Å²) >= 11 is 0. The quantitative estimate of drug-likeness (QED) is 0.731. The van der Waals surface area contributed by atoms with Gasteiger partial charge in [0.25, 0.3) is 0 Å². The van der Waals surface area contributed by atoms with E-state index in [4.69, 9.17) is 5.11 Å². The highest BCUT2D eigenvalue weighted by molar-refractivity contribution is 5.75. The van der Waals surface area contributed by atoms with Crippen LogP contribution in [0.1, 0.15) is 30.0 Å². The van der Waals surface area contributed by atoms with Crippen LogP contribution in [-0.4, -0.2) is 41.8 Å². The van der Waals surface area contributed by atoms with Gasteiger partial charge in [-0.3, -0.25) is 4.79 Å². The average Bonchev–Trinajstić information content (AvgIpc) is 2.49. The molecule has 1 unspecified atom stereocenters. The van der Waals surface area contributed by atoms with Gasteiger partial charge in [-0.2, -0.15) is 26.3 Å². The van der Waals surface area contributed by atoms with Gasteiger partial charge in [-0.1, -0.05) is 12.1 Å². The Kier molecular flexibility index (Phi) is 6.87. The van der Waals surface area contributed by atoms with E-state index < -0.39 is 48.8 Å². The molecule has 5 nitrogen and oxygen atoms in total. The maximum Gasteiger partial charge on any atom is 0.416 e. The smallest absolute Gasteiger partial charge is 0.416 e. The van der Waals surface area contributed by atoms with E-state index in [2.05, 4.69) is 5.32 Å². The van der Waals surface area contributed by atoms with E-state index >= 15 is 0 Å². The number of carbonyl (C=O) groups is 2. The van der Waals surface area contributed by atoms with Crippen molar-refractivity contribution in [2.45, 2.75) is 31.2 Å². The van der Waals surface area contributed by atoms with E-state index in [0.717, 1.165) is 17.0 Å². The molecule has 0 spiro atoms. The Morgan fingerprint density at radius 3 is 2.08 bits per heavy atom. The molecule has 0 radical (unpaired) electrons. The molecule has 26 heavy (non-hydrogen) atoms. The molecule has 1 atom stereocenters. The first-order valence-electron chi connectivity index (χ1n) is 7.27. The normalized spacial score (nSPS) is 13.2. The van der Waals surface area contributed by atoms with Crippen LogP contribution < -0.4 is 5.32 Å². The number of halogens is 6. The molecule has 0 aliphatic carbocycles. The minimum absolute atomic E-state index is 0.157. The van der Waals surface area contributed by atoms with E-state index in [1.807, 2.05) is 0 Å². The van der Waals surface area contributed by atoms with E-state index in [0.29, 0.717) is 12.1 Å². The van der Waals surface area contributed by atoms with Gasteiger partial charge in [0.05, 0.1) is 24.4 Å². The largest absolute Gasteiger partial charge is 0.481 e. The molecule has 0 saturated heterocycles. The van der Waals surface area contributed by atoms with Crippen LogP contribution in [0.25, 0.3) is 0 Å². The topological polar surface area (TPSA) is 69.6 Å². The van der Waals surface area contributed by atoms with Gasteiger partial charge in [0.1, 0.15) is 0 Å². The predicted octanol–water partition coefficient (Wildman–Crippen LogP) is 3.82. The minimum Gasteiger partial charge on any atom is -0.481 e. The maximum atomic E-state index is 12.7. The second-order valence-electron chi connectivity index (χ2n) is 5.51. The molecule has 0 saturated carbocycles. The minimum atomic E-state index is -4.68. The summed E-state index contributed by atoms with van der Waals surface area (Å²) in [6.07, 6.45) is -11.2. The summed E-state index contributed by atoms with van der Waals surface area (Å²) in [5.41, 5.74) is -1.19. The van der Waals surface area contributed by atoms with Crippen LogP contribution in [-0.2, 0) is 11.0 Å². The van der Waals surface area contributed by atoms with Crippen molar-refractivity contribution in [2.24, 2.45) is 0 Å².